The Labute approximate surface area is 161 Å². The largest absolute Gasteiger partial charge is 0.418 e. The highest BCUT2D eigenvalue weighted by atomic mass is 32.2. The fourth-order valence-corrected chi connectivity index (χ4v) is 4.07. The van der Waals surface area contributed by atoms with Crippen molar-refractivity contribution in [3.8, 4) is 10.8 Å². The number of hydrogen-bond acceptors (Lipinski definition) is 6. The normalized spacial score (nSPS) is 10.8. The lowest BCUT2D eigenvalue weighted by Gasteiger charge is -2.20. The van der Waals surface area contributed by atoms with Crippen molar-refractivity contribution in [1.82, 2.24) is 15.1 Å². The van der Waals surface area contributed by atoms with Crippen LogP contribution < -0.4 is 0 Å². The van der Waals surface area contributed by atoms with E-state index in [2.05, 4.69) is 30.1 Å². The number of amides is 1. The number of hydrogen-bond donors (Lipinski definition) is 0. The first kappa shape index (κ1) is 18.7. The van der Waals surface area contributed by atoms with Crippen LogP contribution in [0.2, 0.25) is 0 Å². The maximum atomic E-state index is 12.7. The number of carbonyl (C=O) groups is 1. The van der Waals surface area contributed by atoms with Gasteiger partial charge < -0.3 is 9.32 Å². The van der Waals surface area contributed by atoms with Gasteiger partial charge in [-0.1, -0.05) is 31.2 Å². The first-order chi connectivity index (χ1) is 12.7. The summed E-state index contributed by atoms with van der Waals surface area (Å²) in [5, 5.41) is 10.2. The average molecular weight is 388 g/mol. The van der Waals surface area contributed by atoms with Crippen molar-refractivity contribution < 1.29 is 9.21 Å². The van der Waals surface area contributed by atoms with Crippen LogP contribution in [0.4, 0.5) is 0 Å². The molecule has 0 aliphatic rings. The molecule has 136 valence electrons. The molecule has 1 amide bonds. The number of aromatic nitrogens is 2. The maximum absolute atomic E-state index is 12.7. The molecule has 0 unspecified atom stereocenters. The Bertz CT molecular complexity index is 846. The Kier molecular flexibility index (Phi) is 6.46. The first-order valence-corrected chi connectivity index (χ1v) is 10.4. The SMILES string of the molecule is CCCN(Cc1nnc(-c2cccs2)o1)C(=O)CSc1ccccc1C. The van der Waals surface area contributed by atoms with E-state index in [1.165, 1.54) is 5.56 Å². The predicted molar refractivity (Wildman–Crippen MR) is 105 cm³/mol. The van der Waals surface area contributed by atoms with E-state index in [4.69, 9.17) is 4.42 Å². The Morgan fingerprint density at radius 1 is 1.23 bits per heavy atom. The number of benzene rings is 1. The highest BCUT2D eigenvalue weighted by Crippen LogP contribution is 2.24. The standard InChI is InChI=1S/C19H21N3O2S2/c1-3-10-22(18(23)13-26-15-8-5-4-7-14(15)2)12-17-20-21-19(24-17)16-9-6-11-25-16/h4-9,11H,3,10,12-13H2,1-2H3. The molecule has 0 aliphatic carbocycles. The fourth-order valence-electron chi connectivity index (χ4n) is 2.49. The van der Waals surface area contributed by atoms with Crippen LogP contribution in [0.5, 0.6) is 0 Å². The van der Waals surface area contributed by atoms with Crippen molar-refractivity contribution >= 4 is 29.0 Å². The number of carbonyl (C=O) groups excluding carboxylic acids is 1. The van der Waals surface area contributed by atoms with E-state index in [1.54, 1.807) is 28.0 Å². The molecule has 0 saturated heterocycles. The zero-order valence-electron chi connectivity index (χ0n) is 14.8. The minimum atomic E-state index is 0.0796. The second-order valence-electron chi connectivity index (χ2n) is 5.85. The van der Waals surface area contributed by atoms with Crippen molar-refractivity contribution in [3.63, 3.8) is 0 Å². The molecule has 0 atom stereocenters. The summed E-state index contributed by atoms with van der Waals surface area (Å²) in [6.45, 7) is 5.13. The van der Waals surface area contributed by atoms with E-state index >= 15 is 0 Å². The van der Waals surface area contributed by atoms with Crippen LogP contribution in [0.25, 0.3) is 10.8 Å². The third-order valence-electron chi connectivity index (χ3n) is 3.82. The van der Waals surface area contributed by atoms with Crippen molar-refractivity contribution in [2.24, 2.45) is 0 Å². The van der Waals surface area contributed by atoms with E-state index < -0.39 is 0 Å². The molecular formula is C19H21N3O2S2. The number of nitrogens with zero attached hydrogens (tertiary/aromatic N) is 3. The van der Waals surface area contributed by atoms with Gasteiger partial charge in [-0.3, -0.25) is 4.79 Å². The molecule has 2 heterocycles. The van der Waals surface area contributed by atoms with Gasteiger partial charge in [0, 0.05) is 11.4 Å². The molecular weight excluding hydrogens is 366 g/mol. The summed E-state index contributed by atoms with van der Waals surface area (Å²) >= 11 is 3.12. The topological polar surface area (TPSA) is 59.2 Å². The van der Waals surface area contributed by atoms with Crippen LogP contribution in [0.15, 0.2) is 51.1 Å². The van der Waals surface area contributed by atoms with Crippen LogP contribution >= 0.6 is 23.1 Å². The summed E-state index contributed by atoms with van der Waals surface area (Å²) in [5.41, 5.74) is 1.19. The molecule has 2 aromatic heterocycles. The van der Waals surface area contributed by atoms with Gasteiger partial charge in [0.2, 0.25) is 11.8 Å². The van der Waals surface area contributed by atoms with Crippen LogP contribution in [-0.2, 0) is 11.3 Å². The van der Waals surface area contributed by atoms with Gasteiger partial charge in [0.15, 0.2) is 0 Å². The third-order valence-corrected chi connectivity index (χ3v) is 5.83. The zero-order chi connectivity index (χ0) is 18.4. The van der Waals surface area contributed by atoms with Gasteiger partial charge in [-0.15, -0.1) is 33.3 Å². The number of rotatable bonds is 8. The molecule has 3 aromatic rings. The van der Waals surface area contributed by atoms with Crippen LogP contribution in [0, 0.1) is 6.92 Å². The summed E-state index contributed by atoms with van der Waals surface area (Å²) < 4.78 is 5.72. The minimum Gasteiger partial charge on any atom is -0.418 e. The molecule has 0 aliphatic heterocycles. The monoisotopic (exact) mass is 387 g/mol. The molecule has 26 heavy (non-hydrogen) atoms. The Morgan fingerprint density at radius 2 is 2.08 bits per heavy atom. The highest BCUT2D eigenvalue weighted by Gasteiger charge is 2.18. The third kappa shape index (κ3) is 4.74. The smallest absolute Gasteiger partial charge is 0.257 e. The zero-order valence-corrected chi connectivity index (χ0v) is 16.5. The maximum Gasteiger partial charge on any atom is 0.257 e. The second kappa shape index (κ2) is 9.00. The van der Waals surface area contributed by atoms with Crippen molar-refractivity contribution in [2.75, 3.05) is 12.3 Å². The summed E-state index contributed by atoms with van der Waals surface area (Å²) in [6, 6.07) is 12.0. The van der Waals surface area contributed by atoms with Gasteiger partial charge in [0.25, 0.3) is 5.89 Å². The minimum absolute atomic E-state index is 0.0796. The summed E-state index contributed by atoms with van der Waals surface area (Å²) in [4.78, 5) is 16.5. The van der Waals surface area contributed by atoms with E-state index in [0.717, 1.165) is 16.2 Å². The number of thioether (sulfide) groups is 1. The lowest BCUT2D eigenvalue weighted by Crippen LogP contribution is -2.32. The van der Waals surface area contributed by atoms with Crippen molar-refractivity contribution in [2.45, 2.75) is 31.7 Å². The summed E-state index contributed by atoms with van der Waals surface area (Å²) in [5.74, 6) is 1.46. The fraction of sp³-hybridized carbons (Fsp3) is 0.316. The van der Waals surface area contributed by atoms with E-state index in [-0.39, 0.29) is 5.91 Å². The molecule has 0 saturated carbocycles. The van der Waals surface area contributed by atoms with Gasteiger partial charge >= 0.3 is 0 Å². The second-order valence-corrected chi connectivity index (χ2v) is 7.81. The molecule has 0 radical (unpaired) electrons. The Balaban J connectivity index is 1.63. The van der Waals surface area contributed by atoms with Gasteiger partial charge in [-0.2, -0.15) is 0 Å². The summed E-state index contributed by atoms with van der Waals surface area (Å²) in [6.07, 6.45) is 0.882. The van der Waals surface area contributed by atoms with Gasteiger partial charge in [0.1, 0.15) is 0 Å². The van der Waals surface area contributed by atoms with E-state index in [9.17, 15) is 4.79 Å². The lowest BCUT2D eigenvalue weighted by atomic mass is 10.2. The summed E-state index contributed by atoms with van der Waals surface area (Å²) in [7, 11) is 0. The van der Waals surface area contributed by atoms with Crippen molar-refractivity contribution in [3.05, 3.63) is 53.2 Å². The molecule has 7 heteroatoms. The first-order valence-electron chi connectivity index (χ1n) is 8.50. The number of aryl methyl sites for hydroxylation is 1. The molecule has 0 N–H and O–H groups in total. The van der Waals surface area contributed by atoms with Crippen molar-refractivity contribution in [1.29, 1.82) is 0 Å². The molecule has 5 nitrogen and oxygen atoms in total. The molecule has 0 bridgehead atoms. The van der Waals surface area contributed by atoms with E-state index in [0.29, 0.717) is 30.6 Å². The molecule has 0 spiro atoms. The van der Waals surface area contributed by atoms with Crippen LogP contribution in [-0.4, -0.2) is 33.3 Å². The molecule has 1 aromatic carbocycles. The Hall–Kier alpha value is -2.12. The predicted octanol–water partition coefficient (Wildman–Crippen LogP) is 4.64. The van der Waals surface area contributed by atoms with Gasteiger partial charge in [0.05, 0.1) is 17.2 Å². The highest BCUT2D eigenvalue weighted by molar-refractivity contribution is 8.00. The lowest BCUT2D eigenvalue weighted by molar-refractivity contribution is -0.129. The van der Waals surface area contributed by atoms with Crippen LogP contribution in [0.1, 0.15) is 24.8 Å². The van der Waals surface area contributed by atoms with Gasteiger partial charge in [-0.05, 0) is 36.4 Å². The molecule has 0 fully saturated rings. The number of thiophene rings is 1. The molecule has 3 rings (SSSR count). The van der Waals surface area contributed by atoms with Crippen LogP contribution in [0.3, 0.4) is 0 Å². The Morgan fingerprint density at radius 3 is 2.81 bits per heavy atom. The van der Waals surface area contributed by atoms with Gasteiger partial charge in [-0.25, -0.2) is 0 Å². The average Bonchev–Trinajstić information content (AvgIpc) is 3.32. The quantitative estimate of drug-likeness (QED) is 0.527. The van der Waals surface area contributed by atoms with E-state index in [1.807, 2.05) is 35.7 Å².